The quantitative estimate of drug-likeness (QED) is 0.632. The van der Waals surface area contributed by atoms with Crippen LogP contribution in [0.15, 0.2) is 18.2 Å². The van der Waals surface area contributed by atoms with Crippen molar-refractivity contribution in [3.8, 4) is 5.75 Å². The Bertz CT molecular complexity index is 517. The number of hydrogen-bond donors (Lipinski definition) is 3. The van der Waals surface area contributed by atoms with Gasteiger partial charge >= 0.3 is 0 Å². The van der Waals surface area contributed by atoms with E-state index in [2.05, 4.69) is 10.6 Å². The summed E-state index contributed by atoms with van der Waals surface area (Å²) in [5, 5.41) is 5.60. The van der Waals surface area contributed by atoms with Crippen molar-refractivity contribution in [1.29, 1.82) is 0 Å². The van der Waals surface area contributed by atoms with Crippen LogP contribution in [0.5, 0.6) is 5.75 Å². The number of benzene rings is 1. The van der Waals surface area contributed by atoms with Crippen LogP contribution in [0.1, 0.15) is 19.4 Å². The molecule has 1 aromatic rings. The van der Waals surface area contributed by atoms with Crippen LogP contribution in [0.4, 0.5) is 5.69 Å². The molecule has 0 saturated carbocycles. The third-order valence-corrected chi connectivity index (χ3v) is 3.32. The largest absolute Gasteiger partial charge is 0.495 e. The van der Waals surface area contributed by atoms with Crippen molar-refractivity contribution in [3.63, 3.8) is 0 Å². The van der Waals surface area contributed by atoms with Gasteiger partial charge in [0.15, 0.2) is 13.1 Å². The van der Waals surface area contributed by atoms with Gasteiger partial charge in [0.25, 0.3) is 11.8 Å². The number of ether oxygens (including phenoxy) is 1. The first kappa shape index (κ1) is 18.0. The molecule has 0 radical (unpaired) electrons. The molecule has 0 aliphatic heterocycles. The Morgan fingerprint density at radius 2 is 1.86 bits per heavy atom. The monoisotopic (exact) mass is 308 g/mol. The molecule has 0 aliphatic rings. The average molecular weight is 308 g/mol. The molecule has 122 valence electrons. The number of carbonyl (C=O) groups excluding carboxylic acids is 2. The fourth-order valence-electron chi connectivity index (χ4n) is 2.14. The van der Waals surface area contributed by atoms with Crippen LogP contribution < -0.4 is 20.3 Å². The van der Waals surface area contributed by atoms with Gasteiger partial charge in [0.05, 0.1) is 19.3 Å². The molecule has 1 rings (SSSR count). The molecule has 0 heterocycles. The van der Waals surface area contributed by atoms with E-state index in [0.717, 1.165) is 10.5 Å². The Morgan fingerprint density at radius 1 is 1.18 bits per heavy atom. The van der Waals surface area contributed by atoms with E-state index in [0.29, 0.717) is 31.1 Å². The normalized spacial score (nSPS) is 11.6. The standard InChI is InChI=1S/C16H25N3O3/c1-5-17-15(20)10-19(6-2)11-16(21)18-13-9-12(3)7-8-14(13)22-4/h7-9H,5-6,10-11H2,1-4H3,(H,17,20)(H,18,21)/p+1. The lowest BCUT2D eigenvalue weighted by Gasteiger charge is -2.17. The smallest absolute Gasteiger partial charge is 0.279 e. The Morgan fingerprint density at radius 3 is 2.45 bits per heavy atom. The molecule has 0 aliphatic carbocycles. The molecular weight excluding hydrogens is 282 g/mol. The van der Waals surface area contributed by atoms with Gasteiger partial charge in [0.2, 0.25) is 0 Å². The molecule has 6 heteroatoms. The molecular formula is C16H26N3O3+. The van der Waals surface area contributed by atoms with Crippen LogP contribution in [0.3, 0.4) is 0 Å². The van der Waals surface area contributed by atoms with E-state index < -0.39 is 0 Å². The summed E-state index contributed by atoms with van der Waals surface area (Å²) >= 11 is 0. The van der Waals surface area contributed by atoms with E-state index >= 15 is 0 Å². The van der Waals surface area contributed by atoms with E-state index in [1.165, 1.54) is 0 Å². The zero-order chi connectivity index (χ0) is 16.5. The minimum Gasteiger partial charge on any atom is -0.495 e. The minimum absolute atomic E-state index is 0.0414. The van der Waals surface area contributed by atoms with Gasteiger partial charge in [-0.15, -0.1) is 0 Å². The summed E-state index contributed by atoms with van der Waals surface area (Å²) in [7, 11) is 1.57. The second kappa shape index (κ2) is 9.04. The Labute approximate surface area is 131 Å². The molecule has 22 heavy (non-hydrogen) atoms. The van der Waals surface area contributed by atoms with Crippen LogP contribution in [0, 0.1) is 6.92 Å². The number of hydrogen-bond acceptors (Lipinski definition) is 3. The van der Waals surface area contributed by atoms with Crippen LogP contribution >= 0.6 is 0 Å². The summed E-state index contributed by atoms with van der Waals surface area (Å²) < 4.78 is 5.24. The maximum absolute atomic E-state index is 12.2. The number of methoxy groups -OCH3 is 1. The predicted molar refractivity (Wildman–Crippen MR) is 86.3 cm³/mol. The van der Waals surface area contributed by atoms with Crippen molar-refractivity contribution in [2.75, 3.05) is 38.6 Å². The molecule has 6 nitrogen and oxygen atoms in total. The highest BCUT2D eigenvalue weighted by Gasteiger charge is 2.17. The van der Waals surface area contributed by atoms with Crippen molar-refractivity contribution in [2.45, 2.75) is 20.8 Å². The third-order valence-electron chi connectivity index (χ3n) is 3.32. The summed E-state index contributed by atoms with van der Waals surface area (Å²) in [5.41, 5.74) is 1.69. The maximum Gasteiger partial charge on any atom is 0.279 e. The second-order valence-corrected chi connectivity index (χ2v) is 5.16. The molecule has 1 unspecified atom stereocenters. The van der Waals surface area contributed by atoms with Crippen molar-refractivity contribution in [2.24, 2.45) is 0 Å². The van der Waals surface area contributed by atoms with Crippen LogP contribution in [-0.2, 0) is 9.59 Å². The second-order valence-electron chi connectivity index (χ2n) is 5.16. The summed E-state index contributed by atoms with van der Waals surface area (Å²) in [5.74, 6) is 0.450. The van der Waals surface area contributed by atoms with Crippen molar-refractivity contribution >= 4 is 17.5 Å². The highest BCUT2D eigenvalue weighted by molar-refractivity contribution is 5.93. The first-order valence-electron chi connectivity index (χ1n) is 7.54. The molecule has 0 saturated heterocycles. The molecule has 0 bridgehead atoms. The van der Waals surface area contributed by atoms with Gasteiger partial charge in [-0.25, -0.2) is 0 Å². The average Bonchev–Trinajstić information content (AvgIpc) is 2.47. The number of carbonyl (C=O) groups is 2. The van der Waals surface area contributed by atoms with Gasteiger partial charge in [-0.1, -0.05) is 6.07 Å². The molecule has 0 aromatic heterocycles. The van der Waals surface area contributed by atoms with Crippen molar-refractivity contribution in [1.82, 2.24) is 5.32 Å². The van der Waals surface area contributed by atoms with Crippen molar-refractivity contribution < 1.29 is 19.2 Å². The fourth-order valence-corrected chi connectivity index (χ4v) is 2.14. The predicted octanol–water partition coefficient (Wildman–Crippen LogP) is -0.0170. The highest BCUT2D eigenvalue weighted by atomic mass is 16.5. The van der Waals surface area contributed by atoms with Gasteiger partial charge in [-0.2, -0.15) is 0 Å². The van der Waals surface area contributed by atoms with Crippen molar-refractivity contribution in [3.05, 3.63) is 23.8 Å². The Kier molecular flexibility index (Phi) is 7.39. The number of nitrogens with one attached hydrogen (secondary N) is 3. The Balaban J connectivity index is 2.64. The van der Waals surface area contributed by atoms with Gasteiger partial charge in [-0.3, -0.25) is 9.59 Å². The van der Waals surface area contributed by atoms with Gasteiger partial charge in [0.1, 0.15) is 5.75 Å². The lowest BCUT2D eigenvalue weighted by atomic mass is 10.2. The molecule has 1 atom stereocenters. The van der Waals surface area contributed by atoms with E-state index in [4.69, 9.17) is 4.74 Å². The fraction of sp³-hybridized carbons (Fsp3) is 0.500. The topological polar surface area (TPSA) is 71.9 Å². The number of rotatable bonds is 8. The molecule has 0 spiro atoms. The first-order chi connectivity index (χ1) is 10.5. The number of anilines is 1. The maximum atomic E-state index is 12.2. The first-order valence-corrected chi connectivity index (χ1v) is 7.54. The summed E-state index contributed by atoms with van der Waals surface area (Å²) in [4.78, 5) is 24.7. The summed E-state index contributed by atoms with van der Waals surface area (Å²) in [6, 6.07) is 5.61. The van der Waals surface area contributed by atoms with E-state index in [1.54, 1.807) is 7.11 Å². The summed E-state index contributed by atoms with van der Waals surface area (Å²) in [6.07, 6.45) is 0. The molecule has 3 N–H and O–H groups in total. The number of likely N-dealkylation sites (N-methyl/N-ethyl adjacent to an activating group) is 2. The lowest BCUT2D eigenvalue weighted by molar-refractivity contribution is -0.881. The lowest BCUT2D eigenvalue weighted by Crippen LogP contribution is -3.14. The number of aryl methyl sites for hydroxylation is 1. The summed E-state index contributed by atoms with van der Waals surface area (Å²) in [6.45, 7) is 7.62. The minimum atomic E-state index is -0.134. The number of quaternary nitrogens is 1. The van der Waals surface area contributed by atoms with Gasteiger partial charge in [-0.05, 0) is 38.5 Å². The van der Waals surface area contributed by atoms with Crippen LogP contribution in [0.2, 0.25) is 0 Å². The van der Waals surface area contributed by atoms with Gasteiger partial charge in [0, 0.05) is 6.54 Å². The van der Waals surface area contributed by atoms with E-state index in [-0.39, 0.29) is 18.4 Å². The van der Waals surface area contributed by atoms with E-state index in [1.807, 2.05) is 39.0 Å². The Hall–Kier alpha value is -2.08. The van der Waals surface area contributed by atoms with Crippen LogP contribution in [-0.4, -0.2) is 45.1 Å². The SMILES string of the molecule is CCNC(=O)C[NH+](CC)CC(=O)Nc1cc(C)ccc1OC. The zero-order valence-corrected chi connectivity index (χ0v) is 13.8. The molecule has 1 aromatic carbocycles. The third kappa shape index (κ3) is 5.73. The number of amides is 2. The molecule has 2 amide bonds. The molecule has 0 fully saturated rings. The van der Waals surface area contributed by atoms with Gasteiger partial charge < -0.3 is 20.3 Å². The highest BCUT2D eigenvalue weighted by Crippen LogP contribution is 2.24. The van der Waals surface area contributed by atoms with E-state index in [9.17, 15) is 9.59 Å². The van der Waals surface area contributed by atoms with Crippen LogP contribution in [0.25, 0.3) is 0 Å². The zero-order valence-electron chi connectivity index (χ0n) is 13.8.